The zero-order valence-corrected chi connectivity index (χ0v) is 9.81. The van der Waals surface area contributed by atoms with E-state index in [1.54, 1.807) is 12.1 Å². The molecule has 1 N–H and O–H groups in total. The highest BCUT2D eigenvalue weighted by molar-refractivity contribution is 5.07. The third kappa shape index (κ3) is 3.22. The van der Waals surface area contributed by atoms with Crippen LogP contribution in [0.1, 0.15) is 30.0 Å². The van der Waals surface area contributed by atoms with E-state index in [0.717, 1.165) is 17.9 Å². The Balaban J connectivity index is 1.79. The maximum Gasteiger partial charge on any atom is 0.130 e. The summed E-state index contributed by atoms with van der Waals surface area (Å²) < 4.78 is 16.2. The van der Waals surface area contributed by atoms with Crippen molar-refractivity contribution in [3.05, 3.63) is 47.3 Å². The van der Waals surface area contributed by atoms with Crippen LogP contribution in [0, 0.1) is 0 Å². The molecule has 0 saturated heterocycles. The van der Waals surface area contributed by atoms with Crippen LogP contribution in [-0.2, 0) is 31.0 Å². The number of aliphatic hydroxyl groups excluding tert-OH is 1. The minimum absolute atomic E-state index is 0.0853. The summed E-state index contributed by atoms with van der Waals surface area (Å²) in [6, 6.07) is 7.40. The molecule has 0 aliphatic rings. The van der Waals surface area contributed by atoms with E-state index in [2.05, 4.69) is 0 Å². The maximum atomic E-state index is 8.83. The Labute approximate surface area is 99.8 Å². The first-order valence-electron chi connectivity index (χ1n) is 5.65. The van der Waals surface area contributed by atoms with Crippen molar-refractivity contribution in [2.75, 3.05) is 0 Å². The van der Waals surface area contributed by atoms with Gasteiger partial charge >= 0.3 is 0 Å². The lowest BCUT2D eigenvalue weighted by atomic mass is 10.4. The fourth-order valence-corrected chi connectivity index (χ4v) is 1.53. The van der Waals surface area contributed by atoms with Crippen LogP contribution in [-0.4, -0.2) is 5.11 Å². The number of aliphatic hydroxyl groups is 1. The second-order valence-electron chi connectivity index (χ2n) is 3.74. The second kappa shape index (κ2) is 5.70. The van der Waals surface area contributed by atoms with Crippen LogP contribution in [0.3, 0.4) is 0 Å². The number of rotatable bonds is 6. The van der Waals surface area contributed by atoms with E-state index in [9.17, 15) is 0 Å². The topological polar surface area (TPSA) is 55.7 Å². The molecule has 17 heavy (non-hydrogen) atoms. The molecule has 0 unspecified atom stereocenters. The minimum atomic E-state index is -0.0853. The molecule has 2 heterocycles. The van der Waals surface area contributed by atoms with Crippen LogP contribution < -0.4 is 0 Å². The van der Waals surface area contributed by atoms with Crippen molar-refractivity contribution in [3.63, 3.8) is 0 Å². The van der Waals surface area contributed by atoms with E-state index in [1.807, 2.05) is 19.1 Å². The number of hydrogen-bond donors (Lipinski definition) is 1. The van der Waals surface area contributed by atoms with Crippen molar-refractivity contribution in [3.8, 4) is 0 Å². The molecule has 2 aromatic rings. The van der Waals surface area contributed by atoms with Crippen LogP contribution in [0.2, 0.25) is 0 Å². The zero-order chi connectivity index (χ0) is 12.1. The monoisotopic (exact) mass is 236 g/mol. The maximum absolute atomic E-state index is 8.83. The molecule has 2 aromatic heterocycles. The van der Waals surface area contributed by atoms with Gasteiger partial charge in [0.1, 0.15) is 42.9 Å². The molecule has 0 aliphatic carbocycles. The third-order valence-electron chi connectivity index (χ3n) is 2.43. The van der Waals surface area contributed by atoms with Gasteiger partial charge in [0.2, 0.25) is 0 Å². The summed E-state index contributed by atoms with van der Waals surface area (Å²) in [5.74, 6) is 3.03. The van der Waals surface area contributed by atoms with E-state index in [-0.39, 0.29) is 6.61 Å². The van der Waals surface area contributed by atoms with Gasteiger partial charge in [-0.3, -0.25) is 0 Å². The first kappa shape index (κ1) is 12.0. The predicted octanol–water partition coefficient (Wildman–Crippen LogP) is 2.64. The summed E-state index contributed by atoms with van der Waals surface area (Å²) in [7, 11) is 0. The fourth-order valence-electron chi connectivity index (χ4n) is 1.53. The molecule has 0 aliphatic heterocycles. The second-order valence-corrected chi connectivity index (χ2v) is 3.74. The lowest BCUT2D eigenvalue weighted by Crippen LogP contribution is -1.91. The highest BCUT2D eigenvalue weighted by atomic mass is 16.5. The summed E-state index contributed by atoms with van der Waals surface area (Å²) >= 11 is 0. The van der Waals surface area contributed by atoms with Crippen molar-refractivity contribution in [1.29, 1.82) is 0 Å². The summed E-state index contributed by atoms with van der Waals surface area (Å²) in [6.07, 6.45) is 0.887. The van der Waals surface area contributed by atoms with Crippen molar-refractivity contribution in [2.45, 2.75) is 33.2 Å². The number of ether oxygens (including phenoxy) is 1. The molecule has 92 valence electrons. The van der Waals surface area contributed by atoms with E-state index in [0.29, 0.717) is 24.7 Å². The fraction of sp³-hybridized carbons (Fsp3) is 0.385. The lowest BCUT2D eigenvalue weighted by Gasteiger charge is -1.99. The molecule has 0 aromatic carbocycles. The van der Waals surface area contributed by atoms with Gasteiger partial charge in [-0.2, -0.15) is 0 Å². The molecule has 0 saturated carbocycles. The van der Waals surface area contributed by atoms with Gasteiger partial charge in [0.15, 0.2) is 0 Å². The lowest BCUT2D eigenvalue weighted by molar-refractivity contribution is 0.0777. The highest BCUT2D eigenvalue weighted by Gasteiger charge is 2.03. The van der Waals surface area contributed by atoms with E-state index in [1.165, 1.54) is 0 Å². The number of furan rings is 2. The minimum Gasteiger partial charge on any atom is -0.464 e. The number of aryl methyl sites for hydroxylation is 1. The van der Waals surface area contributed by atoms with Crippen molar-refractivity contribution >= 4 is 0 Å². The summed E-state index contributed by atoms with van der Waals surface area (Å²) in [5, 5.41) is 8.83. The average molecular weight is 236 g/mol. The molecular formula is C13H16O4. The molecule has 0 radical (unpaired) electrons. The SMILES string of the molecule is CCc1ccc(COCc2ccc(CO)o2)o1. The average Bonchev–Trinajstić information content (AvgIpc) is 2.97. The first-order chi connectivity index (χ1) is 8.31. The van der Waals surface area contributed by atoms with E-state index >= 15 is 0 Å². The molecular weight excluding hydrogens is 220 g/mol. The Bertz CT molecular complexity index is 413. The Morgan fingerprint density at radius 2 is 1.47 bits per heavy atom. The predicted molar refractivity (Wildman–Crippen MR) is 61.2 cm³/mol. The van der Waals surface area contributed by atoms with Crippen LogP contribution in [0.5, 0.6) is 0 Å². The molecule has 0 bridgehead atoms. The quantitative estimate of drug-likeness (QED) is 0.837. The van der Waals surface area contributed by atoms with Gasteiger partial charge in [-0.25, -0.2) is 0 Å². The van der Waals surface area contributed by atoms with Gasteiger partial charge in [0.25, 0.3) is 0 Å². The molecule has 4 nitrogen and oxygen atoms in total. The molecule has 0 amide bonds. The van der Waals surface area contributed by atoms with Crippen LogP contribution in [0.4, 0.5) is 0 Å². The Morgan fingerprint density at radius 3 is 1.94 bits per heavy atom. The highest BCUT2D eigenvalue weighted by Crippen LogP contribution is 2.12. The largest absolute Gasteiger partial charge is 0.464 e. The van der Waals surface area contributed by atoms with Gasteiger partial charge in [-0.05, 0) is 24.3 Å². The van der Waals surface area contributed by atoms with E-state index in [4.69, 9.17) is 18.7 Å². The van der Waals surface area contributed by atoms with Crippen molar-refractivity contribution < 1.29 is 18.7 Å². The van der Waals surface area contributed by atoms with Gasteiger partial charge in [0, 0.05) is 6.42 Å². The van der Waals surface area contributed by atoms with Crippen molar-refractivity contribution in [2.24, 2.45) is 0 Å². The molecule has 0 fully saturated rings. The van der Waals surface area contributed by atoms with Gasteiger partial charge in [0.05, 0.1) is 0 Å². The van der Waals surface area contributed by atoms with Crippen LogP contribution in [0.15, 0.2) is 33.1 Å². The first-order valence-corrected chi connectivity index (χ1v) is 5.65. The Hall–Kier alpha value is -1.52. The van der Waals surface area contributed by atoms with E-state index < -0.39 is 0 Å². The van der Waals surface area contributed by atoms with Crippen LogP contribution >= 0.6 is 0 Å². The summed E-state index contributed by atoms with van der Waals surface area (Å²) in [6.45, 7) is 2.76. The number of hydrogen-bond acceptors (Lipinski definition) is 4. The van der Waals surface area contributed by atoms with Gasteiger partial charge in [-0.15, -0.1) is 0 Å². The smallest absolute Gasteiger partial charge is 0.130 e. The summed E-state index contributed by atoms with van der Waals surface area (Å²) in [5.41, 5.74) is 0. The summed E-state index contributed by atoms with van der Waals surface area (Å²) in [4.78, 5) is 0. The Kier molecular flexibility index (Phi) is 4.01. The molecule has 0 spiro atoms. The van der Waals surface area contributed by atoms with Crippen LogP contribution in [0.25, 0.3) is 0 Å². The van der Waals surface area contributed by atoms with Crippen molar-refractivity contribution in [1.82, 2.24) is 0 Å². The molecule has 0 atom stereocenters. The van der Waals surface area contributed by atoms with Gasteiger partial charge in [-0.1, -0.05) is 6.92 Å². The Morgan fingerprint density at radius 1 is 0.941 bits per heavy atom. The standard InChI is InChI=1S/C13H16O4/c1-2-10-3-5-12(16-10)8-15-9-13-6-4-11(7-14)17-13/h3-6,14H,2,7-9H2,1H3. The molecule has 4 heteroatoms. The zero-order valence-electron chi connectivity index (χ0n) is 9.81. The molecule has 2 rings (SSSR count). The third-order valence-corrected chi connectivity index (χ3v) is 2.43. The normalized spacial score (nSPS) is 10.9. The van der Waals surface area contributed by atoms with Gasteiger partial charge < -0.3 is 18.7 Å².